The van der Waals surface area contributed by atoms with Crippen molar-refractivity contribution in [2.24, 2.45) is 5.73 Å². The lowest BCUT2D eigenvalue weighted by Crippen LogP contribution is -2.58. The van der Waals surface area contributed by atoms with Crippen LogP contribution in [0.2, 0.25) is 30.1 Å². The lowest BCUT2D eigenvalue weighted by molar-refractivity contribution is -0.137. The summed E-state index contributed by atoms with van der Waals surface area (Å²) in [5, 5.41) is 13.2. The Morgan fingerprint density at radius 3 is 1.17 bits per heavy atom. The first kappa shape index (κ1) is 93.7. The molecular formula is C102H110Cl6F3N17O4. The maximum absolute atomic E-state index is 15.1. The second-order valence-electron chi connectivity index (χ2n) is 36.0. The van der Waals surface area contributed by atoms with Crippen molar-refractivity contribution in [3.63, 3.8) is 0 Å². The van der Waals surface area contributed by atoms with E-state index in [9.17, 15) is 28.0 Å². The van der Waals surface area contributed by atoms with Gasteiger partial charge in [0.2, 0.25) is 23.6 Å². The van der Waals surface area contributed by atoms with Crippen LogP contribution in [0, 0.1) is 17.5 Å². The van der Waals surface area contributed by atoms with Gasteiger partial charge in [-0.3, -0.25) is 19.2 Å². The summed E-state index contributed by atoms with van der Waals surface area (Å²) in [5.74, 6) is -0.225. The van der Waals surface area contributed by atoms with Crippen LogP contribution < -0.4 is 26.6 Å². The zero-order valence-electron chi connectivity index (χ0n) is 74.6. The molecule has 690 valence electrons. The van der Waals surface area contributed by atoms with Crippen LogP contribution in [-0.4, -0.2) is 190 Å². The Labute approximate surface area is 797 Å². The van der Waals surface area contributed by atoms with Crippen LogP contribution in [0.3, 0.4) is 0 Å². The first-order valence-corrected chi connectivity index (χ1v) is 48.4. The van der Waals surface area contributed by atoms with E-state index in [4.69, 9.17) is 75.3 Å². The molecule has 4 aromatic heterocycles. The van der Waals surface area contributed by atoms with Gasteiger partial charge in [0.05, 0.1) is 117 Å². The van der Waals surface area contributed by atoms with Gasteiger partial charge in [0.15, 0.2) is 0 Å². The van der Waals surface area contributed by atoms with Crippen LogP contribution in [-0.2, 0) is 19.2 Å². The zero-order valence-corrected chi connectivity index (χ0v) is 79.1. The second-order valence-corrected chi connectivity index (χ2v) is 38.5. The van der Waals surface area contributed by atoms with Gasteiger partial charge in [0.1, 0.15) is 17.5 Å². The van der Waals surface area contributed by atoms with Gasteiger partial charge in [0.25, 0.3) is 0 Å². The van der Waals surface area contributed by atoms with Crippen LogP contribution in [0.4, 0.5) is 18.9 Å². The van der Waals surface area contributed by atoms with Crippen molar-refractivity contribution in [3.05, 3.63) is 270 Å². The zero-order chi connectivity index (χ0) is 92.2. The molecule has 4 unspecified atom stereocenters. The smallest absolute Gasteiger partial charge is 0.242 e. The lowest BCUT2D eigenvalue weighted by Gasteiger charge is -2.39. The molecule has 21 nitrogen and oxygen atoms in total. The van der Waals surface area contributed by atoms with Gasteiger partial charge in [-0.1, -0.05) is 150 Å². The summed E-state index contributed by atoms with van der Waals surface area (Å²) in [4.78, 5) is 79.4. The number of rotatable bonds is 16. The molecule has 0 bridgehead atoms. The van der Waals surface area contributed by atoms with Gasteiger partial charge in [-0.05, 0) is 254 Å². The van der Waals surface area contributed by atoms with Crippen molar-refractivity contribution in [2.45, 2.75) is 172 Å². The molecule has 12 aromatic rings. The van der Waals surface area contributed by atoms with Gasteiger partial charge < -0.3 is 64.5 Å². The van der Waals surface area contributed by atoms with Crippen molar-refractivity contribution in [2.75, 3.05) is 90.0 Å². The third kappa shape index (κ3) is 20.6. The number of piperazine rings is 1. The first-order chi connectivity index (χ1) is 63.8. The number of aromatic nitrogens is 8. The average Bonchev–Trinajstić information content (AvgIpc) is 1.63. The second kappa shape index (κ2) is 41.4. The van der Waals surface area contributed by atoms with Crippen molar-refractivity contribution < 1.29 is 32.3 Å². The van der Waals surface area contributed by atoms with Crippen molar-refractivity contribution in [3.8, 4) is 0 Å². The molecule has 30 heteroatoms. The number of fused-ring (bicyclic) bond motifs is 4. The Morgan fingerprint density at radius 1 is 0.386 bits per heavy atom. The molecular weight excluding hydrogens is 1800 g/mol. The number of anilines is 1. The monoisotopic (exact) mass is 1900 g/mol. The molecule has 7 aliphatic heterocycles. The molecule has 0 radical (unpaired) electrons. The fourth-order valence-corrected chi connectivity index (χ4v) is 21.4. The van der Waals surface area contributed by atoms with Crippen LogP contribution >= 0.6 is 69.6 Å². The highest BCUT2D eigenvalue weighted by molar-refractivity contribution is 6.36. The molecule has 4 saturated heterocycles. The molecule has 1 aliphatic carbocycles. The standard InChI is InChI=1S/C26H27Cl2FN4O.C26H28ClFN4O.C25H29Cl2N5O.C25H26ClFN4O/c1-16(19-6-5-18(27)12-21(19)28)33-15-31-24-14-22(29)20(13-25(24)33)17-7-10-32(11-8-17)26(34)23-4-2-3-9-30-23;1-17(21-7-6-20(27)15-22(21)28)32-16-30-23-8-5-19(14-25(23)32)18-9-12-31(13-10-18)26(33)24-4-2-3-11-29-24;1-17(20-6-4-18(26)14-21(20)27)32-16-29-22-7-5-19(15-23(22)32)30-10-12-31(13-11-30)24(33)25(28)8-2-3-9-25;1-16(20-6-5-19(26)14-21(20)27)31-15-29-22-7-4-18(13-24(22)31)17-8-11-30(12-9-17)25(32)23-3-2-10-28-23/h5-7,12-16,23,30H,2-4,8-11H2,1H3;5-9,14-17,24,29H,2-4,10-13H2,1H3;4-7,14-17H,2-3,8-13,28H2,1H3;4-8,13-16,23,28H,2-3,9-12H2,1H3/t16?,23-;17?,24-;;16?,23-/m11.1/s1. The summed E-state index contributed by atoms with van der Waals surface area (Å²) in [5.41, 5.74) is 23.2. The van der Waals surface area contributed by atoms with Crippen molar-refractivity contribution >= 4 is 160 Å². The summed E-state index contributed by atoms with van der Waals surface area (Å²) in [6.45, 7) is 17.6. The number of hydrogen-bond donors (Lipinski definition) is 4. The highest BCUT2D eigenvalue weighted by atomic mass is 35.5. The van der Waals surface area contributed by atoms with Gasteiger partial charge in [-0.2, -0.15) is 0 Å². The first-order valence-electron chi connectivity index (χ1n) is 46.1. The van der Waals surface area contributed by atoms with Gasteiger partial charge in [-0.15, -0.1) is 0 Å². The van der Waals surface area contributed by atoms with Gasteiger partial charge in [-0.25, -0.2) is 33.1 Å². The molecule has 5 N–H and O–H groups in total. The van der Waals surface area contributed by atoms with E-state index in [1.54, 1.807) is 55.4 Å². The summed E-state index contributed by atoms with van der Waals surface area (Å²) in [6, 6.07) is 42.1. The molecule has 132 heavy (non-hydrogen) atoms. The Bertz CT molecular complexity index is 6370. The van der Waals surface area contributed by atoms with Crippen molar-refractivity contribution in [1.82, 2.24) is 73.8 Å². The largest absolute Gasteiger partial charge is 0.368 e. The fraction of sp³-hybridized carbons (Fsp3) is 0.392. The minimum Gasteiger partial charge on any atom is -0.368 e. The van der Waals surface area contributed by atoms with E-state index < -0.39 is 5.54 Å². The maximum Gasteiger partial charge on any atom is 0.242 e. The molecule has 1 saturated carbocycles. The molecule has 4 amide bonds. The summed E-state index contributed by atoms with van der Waals surface area (Å²) < 4.78 is 52.3. The minimum atomic E-state index is -0.646. The van der Waals surface area contributed by atoms with E-state index in [1.807, 2.05) is 109 Å². The average molecular weight is 1910 g/mol. The van der Waals surface area contributed by atoms with Crippen molar-refractivity contribution in [1.29, 1.82) is 0 Å². The number of halogens is 9. The van der Waals surface area contributed by atoms with Gasteiger partial charge in [0, 0.05) is 124 Å². The van der Waals surface area contributed by atoms with E-state index in [0.717, 1.165) is 208 Å². The van der Waals surface area contributed by atoms with Crippen LogP contribution in [0.1, 0.15) is 187 Å². The number of imidazole rings is 4. The Kier molecular flexibility index (Phi) is 29.4. The Balaban J connectivity index is 0.000000123. The van der Waals surface area contributed by atoms with E-state index >= 15 is 4.39 Å². The molecule has 20 rings (SSSR count). The Morgan fingerprint density at radius 2 is 0.765 bits per heavy atom. The van der Waals surface area contributed by atoms with E-state index in [1.165, 1.54) is 29.3 Å². The molecule has 0 spiro atoms. The predicted molar refractivity (Wildman–Crippen MR) is 524 cm³/mol. The number of benzene rings is 8. The number of carbonyl (C=O) groups excluding carboxylic acids is 4. The summed E-state index contributed by atoms with van der Waals surface area (Å²) >= 11 is 36.9. The third-order valence-corrected chi connectivity index (χ3v) is 29.4. The normalized spacial score (nSPS) is 19.8. The van der Waals surface area contributed by atoms with Crippen LogP contribution in [0.15, 0.2) is 183 Å². The quantitative estimate of drug-likeness (QED) is 0.0709. The number of amides is 4. The highest BCUT2D eigenvalue weighted by Crippen LogP contribution is 2.40. The van der Waals surface area contributed by atoms with Crippen LogP contribution in [0.25, 0.3) is 60.9 Å². The number of nitrogens with two attached hydrogens (primary N) is 1. The number of carbonyl (C=O) groups is 4. The highest BCUT2D eigenvalue weighted by Gasteiger charge is 2.41. The van der Waals surface area contributed by atoms with Crippen LogP contribution in [0.5, 0.6) is 0 Å². The third-order valence-electron chi connectivity index (χ3n) is 27.8. The summed E-state index contributed by atoms with van der Waals surface area (Å²) in [6.07, 6.45) is 27.7. The molecule has 5 fully saturated rings. The fourth-order valence-electron chi connectivity index (χ4n) is 19.9. The van der Waals surface area contributed by atoms with E-state index in [-0.39, 0.29) is 83.4 Å². The predicted octanol–water partition coefficient (Wildman–Crippen LogP) is 20.7. The number of nitrogens with zero attached hydrogens (tertiary/aromatic N) is 13. The Hall–Kier alpha value is -10.1. The number of nitrogens with one attached hydrogen (secondary N) is 3. The van der Waals surface area contributed by atoms with E-state index in [0.29, 0.717) is 98.0 Å². The SMILES string of the molecule is CC(c1ccc(Cl)cc1Cl)n1cnc2cc(F)c(C3=CCN(C(=O)[C@H]4CCCCN4)CC3)cc21.CC(c1ccc(Cl)cc1Cl)n1cnc2ccc(N3CCN(C(=O)C4(N)CCCC4)CC3)cc21.CC(c1ccc(Cl)cc1F)n1cnc2ccc(C3=CCN(C(=O)[C@H]4CCCCN4)CC3)cc21.CC(c1ccc(Cl)cc1F)n1cnc2ccc(C3=CCN(C(=O)[C@H]4CCCN4)CC3)cc21. The number of piperidine rings is 2. The number of hydrogen-bond acceptors (Lipinski definition) is 13. The topological polar surface area (TPSA) is 218 Å². The molecule has 8 aliphatic rings. The molecule has 8 aromatic carbocycles. The molecule has 7 atom stereocenters. The lowest BCUT2D eigenvalue weighted by atomic mass is 9.97. The minimum absolute atomic E-state index is 0.0108. The van der Waals surface area contributed by atoms with Gasteiger partial charge >= 0.3 is 0 Å². The maximum atomic E-state index is 15.1. The molecule has 11 heterocycles. The summed E-state index contributed by atoms with van der Waals surface area (Å²) in [7, 11) is 0. The van der Waals surface area contributed by atoms with E-state index in [2.05, 4.69) is 107 Å².